The molecule has 2 aromatic heterocycles. The Balaban J connectivity index is 1.59. The van der Waals surface area contributed by atoms with E-state index < -0.39 is 0 Å². The second-order valence-corrected chi connectivity index (χ2v) is 9.22. The van der Waals surface area contributed by atoms with E-state index in [1.165, 1.54) is 6.07 Å². The SMILES string of the molecule is Cc1c(F)cccc1Nc1c(-c2ccnc3c2OCCN3)[nH]c2c1C(=O)NC[C@@]21CCCNC1. The van der Waals surface area contributed by atoms with Gasteiger partial charge in [-0.15, -0.1) is 0 Å². The van der Waals surface area contributed by atoms with Crippen LogP contribution in [0.15, 0.2) is 30.5 Å². The van der Waals surface area contributed by atoms with E-state index in [0.717, 1.165) is 42.9 Å². The number of benzene rings is 1. The molecular formula is C25H27FN6O2. The van der Waals surface area contributed by atoms with Crippen molar-refractivity contribution in [3.05, 3.63) is 53.1 Å². The number of carbonyl (C=O) groups excluding carboxylic acids is 1. The van der Waals surface area contributed by atoms with Gasteiger partial charge in [-0.25, -0.2) is 9.37 Å². The maximum absolute atomic E-state index is 14.4. The van der Waals surface area contributed by atoms with Crippen LogP contribution in [-0.2, 0) is 5.41 Å². The maximum Gasteiger partial charge on any atom is 0.255 e. The summed E-state index contributed by atoms with van der Waals surface area (Å²) in [5, 5.41) is 13.3. The zero-order valence-corrected chi connectivity index (χ0v) is 19.0. The van der Waals surface area contributed by atoms with E-state index in [0.29, 0.717) is 53.8 Å². The molecule has 0 saturated carbocycles. The highest BCUT2D eigenvalue weighted by molar-refractivity contribution is 6.07. The van der Waals surface area contributed by atoms with Crippen molar-refractivity contribution >= 4 is 23.1 Å². The first-order valence-electron chi connectivity index (χ1n) is 11.7. The molecule has 0 aliphatic carbocycles. The molecule has 5 N–H and O–H groups in total. The van der Waals surface area contributed by atoms with Gasteiger partial charge in [0, 0.05) is 47.2 Å². The van der Waals surface area contributed by atoms with Gasteiger partial charge in [0.2, 0.25) is 0 Å². The van der Waals surface area contributed by atoms with Crippen LogP contribution in [0, 0.1) is 12.7 Å². The lowest BCUT2D eigenvalue weighted by Crippen LogP contribution is -2.54. The van der Waals surface area contributed by atoms with Crippen LogP contribution in [0.25, 0.3) is 11.3 Å². The lowest BCUT2D eigenvalue weighted by molar-refractivity contribution is 0.0916. The standard InChI is InChI=1S/C25H27FN6O2/c1-14-16(26)4-2-5-17(14)31-20-18-22(25(13-30-24(18)33)7-3-8-27-12-25)32-19(20)15-6-9-28-23-21(15)34-11-10-29-23/h2,4-6,9,27,31-32H,3,7-8,10-13H2,1H3,(H,28,29)(H,30,33)/t25-/m0/s1. The highest BCUT2D eigenvalue weighted by atomic mass is 19.1. The Kier molecular flexibility index (Phi) is 4.95. The molecular weight excluding hydrogens is 435 g/mol. The Morgan fingerprint density at radius 3 is 2.94 bits per heavy atom. The van der Waals surface area contributed by atoms with Crippen molar-refractivity contribution in [2.45, 2.75) is 25.2 Å². The van der Waals surface area contributed by atoms with Crippen molar-refractivity contribution in [3.63, 3.8) is 0 Å². The summed E-state index contributed by atoms with van der Waals surface area (Å²) < 4.78 is 20.4. The van der Waals surface area contributed by atoms with Crippen LogP contribution in [-0.4, -0.2) is 48.7 Å². The summed E-state index contributed by atoms with van der Waals surface area (Å²) in [7, 11) is 0. The first kappa shape index (κ1) is 21.0. The first-order chi connectivity index (χ1) is 16.6. The molecule has 9 heteroatoms. The average Bonchev–Trinajstić information content (AvgIpc) is 3.25. The molecule has 34 heavy (non-hydrogen) atoms. The number of H-pyrrole nitrogens is 1. The molecule has 1 atom stereocenters. The minimum Gasteiger partial charge on any atom is -0.487 e. The number of rotatable bonds is 3. The number of amides is 1. The van der Waals surface area contributed by atoms with Crippen molar-refractivity contribution in [1.29, 1.82) is 0 Å². The Hall–Kier alpha value is -3.59. The highest BCUT2D eigenvalue weighted by Gasteiger charge is 2.44. The summed E-state index contributed by atoms with van der Waals surface area (Å²) in [6.07, 6.45) is 3.70. The monoisotopic (exact) mass is 462 g/mol. The molecule has 1 saturated heterocycles. The topological polar surface area (TPSA) is 103 Å². The van der Waals surface area contributed by atoms with Crippen molar-refractivity contribution in [1.82, 2.24) is 20.6 Å². The fourth-order valence-electron chi connectivity index (χ4n) is 5.33. The number of anilines is 3. The Morgan fingerprint density at radius 1 is 1.18 bits per heavy atom. The molecule has 0 bridgehead atoms. The zero-order chi connectivity index (χ0) is 23.3. The number of pyridine rings is 1. The number of nitrogens with one attached hydrogen (secondary N) is 5. The summed E-state index contributed by atoms with van der Waals surface area (Å²) >= 11 is 0. The van der Waals surface area contributed by atoms with E-state index in [1.54, 1.807) is 19.2 Å². The molecule has 3 aliphatic rings. The predicted molar refractivity (Wildman–Crippen MR) is 129 cm³/mol. The fourth-order valence-corrected chi connectivity index (χ4v) is 5.33. The number of nitrogens with zero attached hydrogens (tertiary/aromatic N) is 1. The van der Waals surface area contributed by atoms with Crippen molar-refractivity contribution < 1.29 is 13.9 Å². The average molecular weight is 463 g/mol. The summed E-state index contributed by atoms with van der Waals surface area (Å²) in [4.78, 5) is 21.3. The third-order valence-corrected chi connectivity index (χ3v) is 7.16. The second kappa shape index (κ2) is 8.02. The number of aromatic nitrogens is 2. The molecule has 176 valence electrons. The van der Waals surface area contributed by atoms with Gasteiger partial charge in [0.1, 0.15) is 12.4 Å². The molecule has 1 fully saturated rings. The van der Waals surface area contributed by atoms with Gasteiger partial charge in [-0.05, 0) is 44.5 Å². The molecule has 6 rings (SSSR count). The number of carbonyl (C=O) groups is 1. The van der Waals surface area contributed by atoms with Gasteiger partial charge in [0.15, 0.2) is 11.6 Å². The number of aromatic amines is 1. The van der Waals surface area contributed by atoms with Gasteiger partial charge >= 0.3 is 0 Å². The summed E-state index contributed by atoms with van der Waals surface area (Å²) in [5.74, 6) is 0.861. The molecule has 5 heterocycles. The molecule has 0 unspecified atom stereocenters. The number of ether oxygens (including phenoxy) is 1. The third-order valence-electron chi connectivity index (χ3n) is 7.16. The molecule has 8 nitrogen and oxygen atoms in total. The molecule has 1 amide bonds. The molecule has 3 aromatic rings. The number of halogens is 1. The second-order valence-electron chi connectivity index (χ2n) is 9.22. The summed E-state index contributed by atoms with van der Waals surface area (Å²) in [6, 6.07) is 6.80. The Morgan fingerprint density at radius 2 is 2.09 bits per heavy atom. The largest absolute Gasteiger partial charge is 0.487 e. The quantitative estimate of drug-likeness (QED) is 0.409. The van der Waals surface area contributed by atoms with Gasteiger partial charge in [0.25, 0.3) is 5.91 Å². The lowest BCUT2D eigenvalue weighted by atomic mass is 9.74. The number of piperidine rings is 1. The van der Waals surface area contributed by atoms with Crippen LogP contribution in [0.5, 0.6) is 5.75 Å². The van der Waals surface area contributed by atoms with Crippen LogP contribution >= 0.6 is 0 Å². The Bertz CT molecular complexity index is 1280. The lowest BCUT2D eigenvalue weighted by Gasteiger charge is -2.40. The minimum absolute atomic E-state index is 0.146. The smallest absolute Gasteiger partial charge is 0.255 e. The van der Waals surface area contributed by atoms with Crippen LogP contribution in [0.4, 0.5) is 21.6 Å². The van der Waals surface area contributed by atoms with Crippen molar-refractivity contribution in [3.8, 4) is 17.0 Å². The fraction of sp³-hybridized carbons (Fsp3) is 0.360. The number of fused-ring (bicyclic) bond motifs is 3. The van der Waals surface area contributed by atoms with Gasteiger partial charge in [-0.1, -0.05) is 6.07 Å². The first-order valence-corrected chi connectivity index (χ1v) is 11.7. The summed E-state index contributed by atoms with van der Waals surface area (Å²) in [6.45, 7) is 5.22. The van der Waals surface area contributed by atoms with Gasteiger partial charge < -0.3 is 31.0 Å². The third kappa shape index (κ3) is 3.22. The molecule has 1 aromatic carbocycles. The Labute approximate surface area is 196 Å². The van der Waals surface area contributed by atoms with Crippen LogP contribution in [0.3, 0.4) is 0 Å². The molecule has 3 aliphatic heterocycles. The van der Waals surface area contributed by atoms with E-state index in [4.69, 9.17) is 4.74 Å². The summed E-state index contributed by atoms with van der Waals surface area (Å²) in [5.41, 5.74) is 4.50. The van der Waals surface area contributed by atoms with E-state index >= 15 is 0 Å². The van der Waals surface area contributed by atoms with E-state index in [-0.39, 0.29) is 17.1 Å². The van der Waals surface area contributed by atoms with Crippen molar-refractivity contribution in [2.75, 3.05) is 43.4 Å². The minimum atomic E-state index is -0.304. The zero-order valence-electron chi connectivity index (χ0n) is 19.0. The van der Waals surface area contributed by atoms with Crippen LogP contribution in [0.2, 0.25) is 0 Å². The van der Waals surface area contributed by atoms with E-state index in [9.17, 15) is 9.18 Å². The molecule has 1 spiro atoms. The molecule has 0 radical (unpaired) electrons. The van der Waals surface area contributed by atoms with E-state index in [1.807, 2.05) is 12.1 Å². The van der Waals surface area contributed by atoms with Gasteiger partial charge in [-0.3, -0.25) is 4.79 Å². The number of hydrogen-bond acceptors (Lipinski definition) is 6. The van der Waals surface area contributed by atoms with E-state index in [2.05, 4.69) is 31.2 Å². The van der Waals surface area contributed by atoms with Gasteiger partial charge in [0.05, 0.1) is 23.5 Å². The predicted octanol–water partition coefficient (Wildman–Crippen LogP) is 3.44. The van der Waals surface area contributed by atoms with Crippen LogP contribution < -0.4 is 26.0 Å². The van der Waals surface area contributed by atoms with Crippen LogP contribution in [0.1, 0.15) is 34.5 Å². The maximum atomic E-state index is 14.4. The van der Waals surface area contributed by atoms with Crippen molar-refractivity contribution in [2.24, 2.45) is 0 Å². The van der Waals surface area contributed by atoms with Gasteiger partial charge in [-0.2, -0.15) is 0 Å². The number of hydrogen-bond donors (Lipinski definition) is 5. The normalized spacial score (nSPS) is 21.2. The highest BCUT2D eigenvalue weighted by Crippen LogP contribution is 2.47.